The van der Waals surface area contributed by atoms with Crippen molar-refractivity contribution in [2.75, 3.05) is 25.4 Å². The lowest BCUT2D eigenvalue weighted by atomic mass is 10.8. The topological polar surface area (TPSA) is 52.6 Å². The number of alkyl halides is 2. The molecular formula is C6H10BrClO4. The van der Waals surface area contributed by atoms with Crippen LogP contribution in [0.15, 0.2) is 0 Å². The highest BCUT2D eigenvalue weighted by Crippen LogP contribution is 1.79. The Hall–Kier alpha value is -0.290. The summed E-state index contributed by atoms with van der Waals surface area (Å²) in [5, 5.41) is 0.281. The summed E-state index contributed by atoms with van der Waals surface area (Å²) in [5.74, 6) is -0.692. The lowest BCUT2D eigenvalue weighted by molar-refractivity contribution is -0.138. The Morgan fingerprint density at radius 3 is 1.67 bits per heavy atom. The normalized spacial score (nSPS) is 7.67. The average Bonchev–Trinajstić information content (AvgIpc) is 2.16. The van der Waals surface area contributed by atoms with Gasteiger partial charge in [-0.3, -0.25) is 9.59 Å². The second-order valence-corrected chi connectivity index (χ2v) is 2.25. The monoisotopic (exact) mass is 260 g/mol. The van der Waals surface area contributed by atoms with Crippen molar-refractivity contribution in [1.82, 2.24) is 0 Å². The van der Waals surface area contributed by atoms with Gasteiger partial charge in [-0.2, -0.15) is 0 Å². The van der Waals surface area contributed by atoms with Crippen molar-refractivity contribution in [1.29, 1.82) is 0 Å². The van der Waals surface area contributed by atoms with E-state index < -0.39 is 5.97 Å². The fraction of sp³-hybridized carbons (Fsp3) is 0.667. The third kappa shape index (κ3) is 12.4. The first-order valence-corrected chi connectivity index (χ1v) is 4.53. The van der Waals surface area contributed by atoms with E-state index >= 15 is 0 Å². The van der Waals surface area contributed by atoms with Crippen LogP contribution in [0, 0.1) is 0 Å². The van der Waals surface area contributed by atoms with Crippen molar-refractivity contribution < 1.29 is 19.1 Å². The number of hydrogen-bond acceptors (Lipinski definition) is 4. The molecule has 0 aliphatic rings. The van der Waals surface area contributed by atoms with Gasteiger partial charge in [0.15, 0.2) is 0 Å². The highest BCUT2D eigenvalue weighted by atomic mass is 79.9. The fourth-order valence-electron chi connectivity index (χ4n) is 0.109. The SMILES string of the molecule is COC(=O)CBr.COC(=O)CCl. The average molecular weight is 261 g/mol. The summed E-state index contributed by atoms with van der Waals surface area (Å²) in [7, 11) is 2.65. The first-order chi connectivity index (χ1) is 5.62. The van der Waals surface area contributed by atoms with Gasteiger partial charge in [-0.1, -0.05) is 15.9 Å². The molecule has 0 aromatic heterocycles. The number of rotatable bonds is 2. The Kier molecular flexibility index (Phi) is 12.7. The zero-order valence-electron chi connectivity index (χ0n) is 6.80. The van der Waals surface area contributed by atoms with Crippen molar-refractivity contribution in [2.45, 2.75) is 0 Å². The number of halogens is 2. The second kappa shape index (κ2) is 10.7. The third-order valence-corrected chi connectivity index (χ3v) is 1.35. The van der Waals surface area contributed by atoms with Crippen molar-refractivity contribution in [3.8, 4) is 0 Å². The quantitative estimate of drug-likeness (QED) is 0.549. The van der Waals surface area contributed by atoms with Gasteiger partial charge in [0.05, 0.1) is 14.2 Å². The van der Waals surface area contributed by atoms with Crippen LogP contribution >= 0.6 is 27.5 Å². The summed E-state index contributed by atoms with van der Waals surface area (Å²) in [6, 6.07) is 0. The summed E-state index contributed by atoms with van der Waals surface area (Å²) < 4.78 is 8.34. The van der Waals surface area contributed by atoms with E-state index in [1.165, 1.54) is 14.2 Å². The summed E-state index contributed by atoms with van der Waals surface area (Å²) in [4.78, 5) is 19.7. The predicted molar refractivity (Wildman–Crippen MR) is 48.5 cm³/mol. The van der Waals surface area contributed by atoms with Gasteiger partial charge in [-0.25, -0.2) is 0 Å². The molecule has 0 aliphatic carbocycles. The van der Waals surface area contributed by atoms with Crippen LogP contribution in [0.2, 0.25) is 0 Å². The van der Waals surface area contributed by atoms with Crippen LogP contribution in [0.3, 0.4) is 0 Å². The van der Waals surface area contributed by atoms with E-state index in [4.69, 9.17) is 11.6 Å². The molecule has 12 heavy (non-hydrogen) atoms. The summed E-state index contributed by atoms with van der Waals surface area (Å²) >= 11 is 7.88. The minimum Gasteiger partial charge on any atom is -0.468 e. The van der Waals surface area contributed by atoms with Crippen LogP contribution in [0.1, 0.15) is 0 Å². The van der Waals surface area contributed by atoms with Gasteiger partial charge in [-0.05, 0) is 0 Å². The van der Waals surface area contributed by atoms with Crippen LogP contribution in [0.5, 0.6) is 0 Å². The molecule has 4 nitrogen and oxygen atoms in total. The Balaban J connectivity index is 0. The van der Waals surface area contributed by atoms with Crippen LogP contribution in [0.25, 0.3) is 0 Å². The van der Waals surface area contributed by atoms with Crippen molar-refractivity contribution >= 4 is 39.5 Å². The van der Waals surface area contributed by atoms with E-state index in [0.717, 1.165) is 0 Å². The first kappa shape index (κ1) is 14.2. The standard InChI is InChI=1S/C3H5BrO2.C3H5ClO2/c2*1-6-3(5)2-4/h2*2H2,1H3. The molecule has 0 rings (SSSR count). The Morgan fingerprint density at radius 2 is 1.67 bits per heavy atom. The Morgan fingerprint density at radius 1 is 1.25 bits per heavy atom. The number of carbonyl (C=O) groups is 2. The van der Waals surface area contributed by atoms with Crippen LogP contribution in [0.4, 0.5) is 0 Å². The molecule has 72 valence electrons. The predicted octanol–water partition coefficient (Wildman–Crippen LogP) is 0.952. The maximum absolute atomic E-state index is 9.91. The molecule has 0 atom stereocenters. The molecule has 0 saturated heterocycles. The van der Waals surface area contributed by atoms with E-state index in [1.807, 2.05) is 0 Å². The number of esters is 2. The summed E-state index contributed by atoms with van der Waals surface area (Å²) in [6.07, 6.45) is 0. The van der Waals surface area contributed by atoms with E-state index in [-0.39, 0.29) is 17.2 Å². The first-order valence-electron chi connectivity index (χ1n) is 2.87. The van der Waals surface area contributed by atoms with Gasteiger partial charge >= 0.3 is 11.9 Å². The molecular weight excluding hydrogens is 251 g/mol. The van der Waals surface area contributed by atoms with Gasteiger partial charge in [0.25, 0.3) is 0 Å². The lowest BCUT2D eigenvalue weighted by Gasteiger charge is -1.86. The highest BCUT2D eigenvalue weighted by Gasteiger charge is 1.90. The van der Waals surface area contributed by atoms with E-state index in [0.29, 0.717) is 0 Å². The molecule has 0 radical (unpaired) electrons. The maximum atomic E-state index is 9.91. The highest BCUT2D eigenvalue weighted by molar-refractivity contribution is 9.09. The zero-order valence-corrected chi connectivity index (χ0v) is 9.15. The largest absolute Gasteiger partial charge is 0.468 e. The van der Waals surface area contributed by atoms with Crippen LogP contribution in [-0.4, -0.2) is 37.4 Å². The molecule has 0 saturated carbocycles. The fourth-order valence-corrected chi connectivity index (χ4v) is 0.447. The van der Waals surface area contributed by atoms with Gasteiger partial charge in [0, 0.05) is 0 Å². The molecule has 0 aromatic rings. The molecule has 0 N–H and O–H groups in total. The minimum atomic E-state index is -0.392. The molecule has 0 heterocycles. The molecule has 0 bridgehead atoms. The smallest absolute Gasteiger partial charge is 0.320 e. The number of methoxy groups -OCH3 is 2. The van der Waals surface area contributed by atoms with E-state index in [9.17, 15) is 9.59 Å². The van der Waals surface area contributed by atoms with E-state index in [1.54, 1.807) is 0 Å². The number of hydrogen-bond donors (Lipinski definition) is 0. The minimum absolute atomic E-state index is 0.0590. The molecule has 0 amide bonds. The summed E-state index contributed by atoms with van der Waals surface area (Å²) in [5.41, 5.74) is 0. The van der Waals surface area contributed by atoms with Crippen LogP contribution < -0.4 is 0 Å². The number of carbonyl (C=O) groups excluding carboxylic acids is 2. The van der Waals surface area contributed by atoms with Crippen LogP contribution in [-0.2, 0) is 19.1 Å². The second-order valence-electron chi connectivity index (χ2n) is 1.42. The van der Waals surface area contributed by atoms with E-state index in [2.05, 4.69) is 25.4 Å². The molecule has 0 aliphatic heterocycles. The van der Waals surface area contributed by atoms with Gasteiger partial charge in [-0.15, -0.1) is 11.6 Å². The maximum Gasteiger partial charge on any atom is 0.320 e. The van der Waals surface area contributed by atoms with Crippen molar-refractivity contribution in [3.63, 3.8) is 0 Å². The zero-order chi connectivity index (χ0) is 9.98. The van der Waals surface area contributed by atoms with Crippen molar-refractivity contribution in [3.05, 3.63) is 0 Å². The molecule has 0 aromatic carbocycles. The van der Waals surface area contributed by atoms with Gasteiger partial charge in [0.1, 0.15) is 11.2 Å². The molecule has 0 fully saturated rings. The van der Waals surface area contributed by atoms with Gasteiger partial charge < -0.3 is 9.47 Å². The third-order valence-electron chi connectivity index (χ3n) is 0.674. The lowest BCUT2D eigenvalue weighted by Crippen LogP contribution is -1.99. The van der Waals surface area contributed by atoms with Crippen molar-refractivity contribution in [2.24, 2.45) is 0 Å². The van der Waals surface area contributed by atoms with Gasteiger partial charge in [0.2, 0.25) is 0 Å². The molecule has 0 unspecified atom stereocenters. The Labute approximate surface area is 84.3 Å². The number of ether oxygens (including phenoxy) is 2. The molecule has 6 heteroatoms. The molecule has 0 spiro atoms. The summed E-state index contributed by atoms with van der Waals surface area (Å²) in [6.45, 7) is 0. The Bertz CT molecular complexity index is 112.